The van der Waals surface area contributed by atoms with Crippen molar-refractivity contribution < 1.29 is 28.7 Å². The smallest absolute Gasteiger partial charge is 0.325 e. The molecule has 0 aromatic heterocycles. The third-order valence-corrected chi connectivity index (χ3v) is 5.17. The van der Waals surface area contributed by atoms with E-state index in [4.69, 9.17) is 9.47 Å². The minimum atomic E-state index is -1.28. The molecule has 1 aromatic carbocycles. The van der Waals surface area contributed by atoms with Crippen LogP contribution in [-0.4, -0.2) is 67.0 Å². The van der Waals surface area contributed by atoms with E-state index < -0.39 is 35.9 Å². The van der Waals surface area contributed by atoms with Crippen LogP contribution in [0.3, 0.4) is 0 Å². The zero-order valence-electron chi connectivity index (χ0n) is 18.1. The summed E-state index contributed by atoms with van der Waals surface area (Å²) in [7, 11) is 1.56. The first kappa shape index (κ1) is 23.2. The Morgan fingerprint density at radius 1 is 1.23 bits per heavy atom. The molecular formula is C21H29N3O6. The van der Waals surface area contributed by atoms with Crippen molar-refractivity contribution in [3.8, 4) is 5.75 Å². The number of esters is 1. The number of carbonyl (C=O) groups excluding carboxylic acids is 4. The number of amides is 4. The minimum Gasteiger partial charge on any atom is -0.496 e. The number of likely N-dealkylation sites (N-methyl/N-ethyl adjacent to an activating group) is 1. The molecule has 1 saturated heterocycles. The fourth-order valence-electron chi connectivity index (χ4n) is 3.38. The molecule has 0 radical (unpaired) electrons. The maximum absolute atomic E-state index is 13.1. The molecule has 1 heterocycles. The molecular weight excluding hydrogens is 390 g/mol. The van der Waals surface area contributed by atoms with Crippen molar-refractivity contribution in [2.24, 2.45) is 0 Å². The van der Waals surface area contributed by atoms with Gasteiger partial charge in [-0.3, -0.25) is 19.3 Å². The molecule has 4 amide bonds. The van der Waals surface area contributed by atoms with Gasteiger partial charge in [-0.2, -0.15) is 0 Å². The lowest BCUT2D eigenvalue weighted by atomic mass is 9.90. The van der Waals surface area contributed by atoms with Gasteiger partial charge < -0.3 is 19.7 Å². The lowest BCUT2D eigenvalue weighted by molar-refractivity contribution is -0.144. The lowest BCUT2D eigenvalue weighted by Gasteiger charge is -2.25. The van der Waals surface area contributed by atoms with Crippen molar-refractivity contribution in [2.45, 2.75) is 39.7 Å². The van der Waals surface area contributed by atoms with Crippen LogP contribution in [0, 0.1) is 6.92 Å². The standard InChI is InChI=1S/C21H29N3O6/c1-6-23(11-10-18(26)30-7-2)17(25)13-24-19(27)21(4,22-20(24)28)15-8-9-16(29-5)14(3)12-15/h8-9,12H,6-7,10-11,13H2,1-5H3,(H,22,28). The van der Waals surface area contributed by atoms with Gasteiger partial charge in [-0.25, -0.2) is 4.79 Å². The van der Waals surface area contributed by atoms with Gasteiger partial charge in [-0.05, 0) is 51.0 Å². The number of ether oxygens (including phenoxy) is 2. The number of methoxy groups -OCH3 is 1. The SMILES string of the molecule is CCOC(=O)CCN(CC)C(=O)CN1C(=O)NC(C)(c2ccc(OC)c(C)c2)C1=O. The van der Waals surface area contributed by atoms with Gasteiger partial charge in [-0.1, -0.05) is 6.07 Å². The van der Waals surface area contributed by atoms with Gasteiger partial charge in [0.15, 0.2) is 0 Å². The molecule has 1 atom stereocenters. The highest BCUT2D eigenvalue weighted by molar-refractivity contribution is 6.09. The molecule has 9 nitrogen and oxygen atoms in total. The third kappa shape index (κ3) is 4.72. The van der Waals surface area contributed by atoms with Crippen molar-refractivity contribution in [1.82, 2.24) is 15.1 Å². The van der Waals surface area contributed by atoms with Gasteiger partial charge in [0.2, 0.25) is 5.91 Å². The Bertz CT molecular complexity index is 840. The van der Waals surface area contributed by atoms with Crippen LogP contribution in [0.25, 0.3) is 0 Å². The fourth-order valence-corrected chi connectivity index (χ4v) is 3.38. The second kappa shape index (κ2) is 9.60. The third-order valence-electron chi connectivity index (χ3n) is 5.17. The Labute approximate surface area is 176 Å². The summed E-state index contributed by atoms with van der Waals surface area (Å²) in [5.74, 6) is -0.653. The van der Waals surface area contributed by atoms with E-state index in [0.717, 1.165) is 10.5 Å². The highest BCUT2D eigenvalue weighted by atomic mass is 16.5. The van der Waals surface area contributed by atoms with Gasteiger partial charge >= 0.3 is 12.0 Å². The van der Waals surface area contributed by atoms with E-state index in [2.05, 4.69) is 5.32 Å². The van der Waals surface area contributed by atoms with Gasteiger partial charge in [-0.15, -0.1) is 0 Å². The number of benzene rings is 1. The summed E-state index contributed by atoms with van der Waals surface area (Å²) in [6, 6.07) is 4.59. The number of nitrogens with zero attached hydrogens (tertiary/aromatic N) is 2. The largest absolute Gasteiger partial charge is 0.496 e. The predicted octanol–water partition coefficient (Wildman–Crippen LogP) is 1.57. The number of hydrogen-bond acceptors (Lipinski definition) is 6. The second-order valence-corrected chi connectivity index (χ2v) is 7.16. The van der Waals surface area contributed by atoms with Crippen LogP contribution in [0.1, 0.15) is 38.3 Å². The first-order valence-corrected chi connectivity index (χ1v) is 9.90. The number of nitrogens with one attached hydrogen (secondary N) is 1. The van der Waals surface area contributed by atoms with Crippen molar-refractivity contribution in [2.75, 3.05) is 33.4 Å². The van der Waals surface area contributed by atoms with Crippen molar-refractivity contribution in [3.05, 3.63) is 29.3 Å². The number of carbonyl (C=O) groups is 4. The number of aryl methyl sites for hydroxylation is 1. The molecule has 1 aliphatic heterocycles. The van der Waals surface area contributed by atoms with E-state index in [0.29, 0.717) is 17.9 Å². The quantitative estimate of drug-likeness (QED) is 0.481. The molecule has 0 saturated carbocycles. The topological polar surface area (TPSA) is 105 Å². The summed E-state index contributed by atoms with van der Waals surface area (Å²) in [5, 5.41) is 2.69. The van der Waals surface area contributed by atoms with Crippen molar-refractivity contribution >= 4 is 23.8 Å². The summed E-state index contributed by atoms with van der Waals surface area (Å²) in [4.78, 5) is 52.1. The summed E-state index contributed by atoms with van der Waals surface area (Å²) >= 11 is 0. The Morgan fingerprint density at radius 3 is 2.50 bits per heavy atom. The van der Waals surface area contributed by atoms with Crippen LogP contribution in [0.4, 0.5) is 4.79 Å². The Balaban J connectivity index is 2.12. The summed E-state index contributed by atoms with van der Waals surface area (Å²) in [6.07, 6.45) is 0.0520. The minimum absolute atomic E-state index is 0.0520. The van der Waals surface area contributed by atoms with Crippen molar-refractivity contribution in [3.63, 3.8) is 0 Å². The van der Waals surface area contributed by atoms with Crippen LogP contribution in [0.5, 0.6) is 5.75 Å². The van der Waals surface area contributed by atoms with Gasteiger partial charge in [0.25, 0.3) is 5.91 Å². The zero-order valence-corrected chi connectivity index (χ0v) is 18.1. The van der Waals surface area contributed by atoms with Crippen molar-refractivity contribution in [1.29, 1.82) is 0 Å². The molecule has 0 aliphatic carbocycles. The van der Waals surface area contributed by atoms with Crippen LogP contribution in [0.2, 0.25) is 0 Å². The molecule has 0 bridgehead atoms. The fraction of sp³-hybridized carbons (Fsp3) is 0.524. The number of imide groups is 1. The average molecular weight is 419 g/mol. The second-order valence-electron chi connectivity index (χ2n) is 7.16. The zero-order chi connectivity index (χ0) is 22.5. The molecule has 1 N–H and O–H groups in total. The molecule has 30 heavy (non-hydrogen) atoms. The maximum atomic E-state index is 13.1. The molecule has 164 valence electrons. The Hall–Kier alpha value is -3.10. The van der Waals surface area contributed by atoms with Crippen LogP contribution >= 0.6 is 0 Å². The van der Waals surface area contributed by atoms with E-state index in [1.165, 1.54) is 4.90 Å². The van der Waals surface area contributed by atoms with Gasteiger partial charge in [0.05, 0.1) is 20.1 Å². The molecule has 1 aliphatic rings. The summed E-state index contributed by atoms with van der Waals surface area (Å²) < 4.78 is 10.1. The average Bonchev–Trinajstić information content (AvgIpc) is 2.92. The first-order chi connectivity index (χ1) is 14.2. The van der Waals surface area contributed by atoms with Crippen LogP contribution in [0.15, 0.2) is 18.2 Å². The number of rotatable bonds is 9. The molecule has 1 unspecified atom stereocenters. The molecule has 1 aromatic rings. The highest BCUT2D eigenvalue weighted by Gasteiger charge is 2.49. The monoisotopic (exact) mass is 419 g/mol. The van der Waals surface area contributed by atoms with Crippen LogP contribution in [-0.2, 0) is 24.7 Å². The van der Waals surface area contributed by atoms with E-state index in [1.807, 2.05) is 6.92 Å². The summed E-state index contributed by atoms with van der Waals surface area (Å²) in [6.45, 7) is 7.30. The molecule has 9 heteroatoms. The Morgan fingerprint density at radius 2 is 1.93 bits per heavy atom. The number of urea groups is 1. The first-order valence-electron chi connectivity index (χ1n) is 9.90. The predicted molar refractivity (Wildman–Crippen MR) is 109 cm³/mol. The van der Waals surface area contributed by atoms with Gasteiger partial charge in [0, 0.05) is 13.1 Å². The Kier molecular flexibility index (Phi) is 7.42. The normalized spacial score (nSPS) is 18.2. The van der Waals surface area contributed by atoms with E-state index in [-0.39, 0.29) is 19.6 Å². The summed E-state index contributed by atoms with van der Waals surface area (Å²) in [5.41, 5.74) is 0.142. The highest BCUT2D eigenvalue weighted by Crippen LogP contribution is 2.31. The van der Waals surface area contributed by atoms with Crippen LogP contribution < -0.4 is 10.1 Å². The van der Waals surface area contributed by atoms with E-state index >= 15 is 0 Å². The van der Waals surface area contributed by atoms with Gasteiger partial charge in [0.1, 0.15) is 17.8 Å². The molecule has 1 fully saturated rings. The lowest BCUT2D eigenvalue weighted by Crippen LogP contribution is -2.45. The molecule has 0 spiro atoms. The number of hydrogen-bond donors (Lipinski definition) is 1. The molecule has 2 rings (SSSR count). The van der Waals surface area contributed by atoms with E-state index in [9.17, 15) is 19.2 Å². The maximum Gasteiger partial charge on any atom is 0.325 e. The van der Waals surface area contributed by atoms with E-state index in [1.54, 1.807) is 46.1 Å².